The van der Waals surface area contributed by atoms with E-state index in [-0.39, 0.29) is 12.9 Å². The van der Waals surface area contributed by atoms with E-state index in [1.54, 1.807) is 0 Å². The molecule has 5 nitrogen and oxygen atoms in total. The van der Waals surface area contributed by atoms with Gasteiger partial charge < -0.3 is 14.2 Å². The smallest absolute Gasteiger partial charge is 0.332 e. The molecule has 0 bridgehead atoms. The zero-order chi connectivity index (χ0) is 20.5. The van der Waals surface area contributed by atoms with E-state index in [0.29, 0.717) is 18.1 Å². The number of benzene rings is 2. The van der Waals surface area contributed by atoms with Crippen molar-refractivity contribution in [1.29, 1.82) is 5.26 Å². The molecule has 0 heterocycles. The summed E-state index contributed by atoms with van der Waals surface area (Å²) in [6.45, 7) is 4.03. The van der Waals surface area contributed by atoms with Gasteiger partial charge in [-0.25, -0.2) is 4.79 Å². The third-order valence-corrected chi connectivity index (χ3v) is 5.15. The molecule has 1 fully saturated rings. The SMILES string of the molecule is C=CC(=O)OCOC1CCC(COc2ccc(-c3ccc(C#N)cc3)cc2)CC1. The Morgan fingerprint density at radius 3 is 2.24 bits per heavy atom. The zero-order valence-corrected chi connectivity index (χ0v) is 16.4. The molecule has 1 aliphatic rings. The standard InChI is InChI=1S/C24H25NO4/c1-2-24(26)29-17-28-23-11-5-19(6-12-23)16-27-22-13-9-21(10-14-22)20-7-3-18(15-25)4-8-20/h2-4,7-10,13-14,19,23H,1,5-6,11-12,16-17H2. The summed E-state index contributed by atoms with van der Waals surface area (Å²) in [5, 5.41) is 8.89. The van der Waals surface area contributed by atoms with E-state index in [0.717, 1.165) is 48.6 Å². The molecule has 5 heteroatoms. The zero-order valence-electron chi connectivity index (χ0n) is 16.4. The molecular formula is C24H25NO4. The second-order valence-electron chi connectivity index (χ2n) is 7.12. The molecule has 0 aromatic heterocycles. The Kier molecular flexibility index (Phi) is 7.43. The molecule has 0 unspecified atom stereocenters. The van der Waals surface area contributed by atoms with Crippen molar-refractivity contribution in [2.45, 2.75) is 31.8 Å². The first-order valence-electron chi connectivity index (χ1n) is 9.82. The second-order valence-corrected chi connectivity index (χ2v) is 7.12. The Bertz CT molecular complexity index is 844. The molecule has 1 saturated carbocycles. The Labute approximate surface area is 171 Å². The maximum atomic E-state index is 11.0. The highest BCUT2D eigenvalue weighted by Crippen LogP contribution is 2.28. The lowest BCUT2D eigenvalue weighted by atomic mass is 9.88. The second kappa shape index (κ2) is 10.4. The third-order valence-electron chi connectivity index (χ3n) is 5.15. The lowest BCUT2D eigenvalue weighted by molar-refractivity contribution is -0.156. The van der Waals surface area contributed by atoms with Crippen molar-refractivity contribution < 1.29 is 19.0 Å². The van der Waals surface area contributed by atoms with Gasteiger partial charge in [0.15, 0.2) is 6.79 Å². The molecule has 0 spiro atoms. The van der Waals surface area contributed by atoms with Crippen LogP contribution in [0, 0.1) is 17.2 Å². The van der Waals surface area contributed by atoms with Gasteiger partial charge in [0.25, 0.3) is 0 Å². The summed E-state index contributed by atoms with van der Waals surface area (Å²) in [5.74, 6) is 0.901. The minimum Gasteiger partial charge on any atom is -0.493 e. The van der Waals surface area contributed by atoms with Crippen LogP contribution in [0.2, 0.25) is 0 Å². The molecule has 0 amide bonds. The number of hydrogen-bond acceptors (Lipinski definition) is 5. The van der Waals surface area contributed by atoms with Crippen molar-refractivity contribution >= 4 is 5.97 Å². The number of rotatable bonds is 8. The van der Waals surface area contributed by atoms with Crippen LogP contribution in [0.3, 0.4) is 0 Å². The monoisotopic (exact) mass is 391 g/mol. The molecule has 0 atom stereocenters. The van der Waals surface area contributed by atoms with E-state index in [2.05, 4.69) is 12.6 Å². The van der Waals surface area contributed by atoms with Crippen LogP contribution in [0.4, 0.5) is 0 Å². The molecule has 0 N–H and O–H groups in total. The quantitative estimate of drug-likeness (QED) is 0.365. The van der Waals surface area contributed by atoms with Gasteiger partial charge in [-0.05, 0) is 67.0 Å². The highest BCUT2D eigenvalue weighted by atomic mass is 16.7. The molecule has 2 aromatic rings. The normalized spacial score (nSPS) is 18.4. The Balaban J connectivity index is 1.40. The third kappa shape index (κ3) is 6.20. The molecule has 0 radical (unpaired) electrons. The summed E-state index contributed by atoms with van der Waals surface area (Å²) >= 11 is 0. The van der Waals surface area contributed by atoms with Gasteiger partial charge in [0.05, 0.1) is 24.3 Å². The van der Waals surface area contributed by atoms with E-state index in [9.17, 15) is 4.79 Å². The van der Waals surface area contributed by atoms with Crippen molar-refractivity contribution in [3.05, 3.63) is 66.7 Å². The highest BCUT2D eigenvalue weighted by Gasteiger charge is 2.22. The molecule has 0 saturated heterocycles. The number of nitrogens with zero attached hydrogens (tertiary/aromatic N) is 1. The summed E-state index contributed by atoms with van der Waals surface area (Å²) in [5.41, 5.74) is 2.83. The molecule has 29 heavy (non-hydrogen) atoms. The highest BCUT2D eigenvalue weighted by molar-refractivity contribution is 5.81. The van der Waals surface area contributed by atoms with E-state index in [4.69, 9.17) is 19.5 Å². The first kappa shape index (κ1) is 20.6. The van der Waals surface area contributed by atoms with Crippen LogP contribution in [-0.2, 0) is 14.3 Å². The minimum atomic E-state index is -0.461. The Hall–Kier alpha value is -3.10. The van der Waals surface area contributed by atoms with Gasteiger partial charge in [-0.3, -0.25) is 0 Å². The number of ether oxygens (including phenoxy) is 3. The van der Waals surface area contributed by atoms with Gasteiger partial charge in [0.2, 0.25) is 0 Å². The van der Waals surface area contributed by atoms with Gasteiger partial charge in [-0.1, -0.05) is 30.8 Å². The molecule has 3 rings (SSSR count). The number of esters is 1. The largest absolute Gasteiger partial charge is 0.493 e. The van der Waals surface area contributed by atoms with E-state index in [1.165, 1.54) is 0 Å². The first-order valence-corrected chi connectivity index (χ1v) is 9.82. The van der Waals surface area contributed by atoms with Crippen molar-refractivity contribution in [1.82, 2.24) is 0 Å². The minimum absolute atomic E-state index is 0.0116. The van der Waals surface area contributed by atoms with Crippen LogP contribution >= 0.6 is 0 Å². The van der Waals surface area contributed by atoms with E-state index < -0.39 is 5.97 Å². The summed E-state index contributed by atoms with van der Waals surface area (Å²) in [6, 6.07) is 17.7. The lowest BCUT2D eigenvalue weighted by Gasteiger charge is -2.28. The number of hydrogen-bond donors (Lipinski definition) is 0. The average molecular weight is 391 g/mol. The maximum absolute atomic E-state index is 11.0. The van der Waals surface area contributed by atoms with Gasteiger partial charge in [0.1, 0.15) is 5.75 Å². The lowest BCUT2D eigenvalue weighted by Crippen LogP contribution is -2.26. The Morgan fingerprint density at radius 2 is 1.66 bits per heavy atom. The van der Waals surface area contributed by atoms with Crippen molar-refractivity contribution in [3.8, 4) is 22.9 Å². The van der Waals surface area contributed by atoms with Gasteiger partial charge >= 0.3 is 5.97 Å². The van der Waals surface area contributed by atoms with Gasteiger partial charge in [0, 0.05) is 6.08 Å². The van der Waals surface area contributed by atoms with Crippen LogP contribution in [-0.4, -0.2) is 25.5 Å². The Morgan fingerprint density at radius 1 is 1.03 bits per heavy atom. The van der Waals surface area contributed by atoms with Crippen LogP contribution < -0.4 is 4.74 Å². The summed E-state index contributed by atoms with van der Waals surface area (Å²) < 4.78 is 16.4. The van der Waals surface area contributed by atoms with Crippen molar-refractivity contribution in [3.63, 3.8) is 0 Å². The molecule has 2 aromatic carbocycles. The van der Waals surface area contributed by atoms with E-state index >= 15 is 0 Å². The summed E-state index contributed by atoms with van der Waals surface area (Å²) in [7, 11) is 0. The molecule has 0 aliphatic heterocycles. The van der Waals surface area contributed by atoms with Gasteiger partial charge in [-0.15, -0.1) is 0 Å². The van der Waals surface area contributed by atoms with E-state index in [1.807, 2.05) is 48.5 Å². The first-order chi connectivity index (χ1) is 14.2. The van der Waals surface area contributed by atoms with Crippen LogP contribution in [0.25, 0.3) is 11.1 Å². The molecule has 150 valence electrons. The number of carbonyl (C=O) groups is 1. The number of nitriles is 1. The number of carbonyl (C=O) groups excluding carboxylic acids is 1. The summed E-state index contributed by atoms with van der Waals surface area (Å²) in [4.78, 5) is 11.0. The maximum Gasteiger partial charge on any atom is 0.332 e. The van der Waals surface area contributed by atoms with Crippen LogP contribution in [0.5, 0.6) is 5.75 Å². The van der Waals surface area contributed by atoms with Gasteiger partial charge in [-0.2, -0.15) is 5.26 Å². The van der Waals surface area contributed by atoms with Crippen molar-refractivity contribution in [2.24, 2.45) is 5.92 Å². The molecule has 1 aliphatic carbocycles. The fraction of sp³-hybridized carbons (Fsp3) is 0.333. The predicted octanol–water partition coefficient (Wildman–Crippen LogP) is 4.87. The summed E-state index contributed by atoms with van der Waals surface area (Å²) in [6.07, 6.45) is 5.21. The fourth-order valence-electron chi connectivity index (χ4n) is 3.41. The van der Waals surface area contributed by atoms with Crippen LogP contribution in [0.1, 0.15) is 31.2 Å². The fourth-order valence-corrected chi connectivity index (χ4v) is 3.41. The topological polar surface area (TPSA) is 68.6 Å². The molecular weight excluding hydrogens is 366 g/mol. The van der Waals surface area contributed by atoms with Crippen LogP contribution in [0.15, 0.2) is 61.2 Å². The van der Waals surface area contributed by atoms with Crippen molar-refractivity contribution in [2.75, 3.05) is 13.4 Å². The average Bonchev–Trinajstić information content (AvgIpc) is 2.79. The predicted molar refractivity (Wildman–Crippen MR) is 110 cm³/mol.